The second kappa shape index (κ2) is 10.9. The van der Waals surface area contributed by atoms with Crippen molar-refractivity contribution in [2.24, 2.45) is 0 Å². The Morgan fingerprint density at radius 2 is 1.68 bits per heavy atom. The van der Waals surface area contributed by atoms with E-state index in [-0.39, 0.29) is 11.3 Å². The van der Waals surface area contributed by atoms with E-state index >= 15 is 0 Å². The van der Waals surface area contributed by atoms with Crippen molar-refractivity contribution in [3.05, 3.63) is 105 Å². The third kappa shape index (κ3) is 5.02. The number of nitriles is 2. The third-order valence-electron chi connectivity index (χ3n) is 7.02. The fourth-order valence-electron chi connectivity index (χ4n) is 5.06. The molecule has 44 heavy (non-hydrogen) atoms. The second-order valence-corrected chi connectivity index (χ2v) is 11.6. The summed E-state index contributed by atoms with van der Waals surface area (Å²) >= 11 is 0. The van der Waals surface area contributed by atoms with E-state index in [2.05, 4.69) is 0 Å². The molecule has 16 heteroatoms. The van der Waals surface area contributed by atoms with Gasteiger partial charge in [-0.1, -0.05) is 12.1 Å². The number of non-ortho nitro benzene ring substituents is 1. The number of halogens is 3. The van der Waals surface area contributed by atoms with E-state index in [0.29, 0.717) is 17.0 Å². The number of hydrogen-bond donors (Lipinski definition) is 0. The van der Waals surface area contributed by atoms with Gasteiger partial charge >= 0.3 is 12.2 Å². The predicted molar refractivity (Wildman–Crippen MR) is 145 cm³/mol. The number of alkyl halides is 3. The van der Waals surface area contributed by atoms with Crippen molar-refractivity contribution in [1.29, 1.82) is 10.5 Å². The minimum atomic E-state index is -4.88. The lowest BCUT2D eigenvalue weighted by atomic mass is 9.89. The number of sulfone groups is 1. The molecule has 0 radical (unpaired) electrons. The number of carbonyl (C=O) groups excluding carboxylic acids is 2. The first-order valence-electron chi connectivity index (χ1n) is 12.2. The first-order valence-corrected chi connectivity index (χ1v) is 14.1. The summed E-state index contributed by atoms with van der Waals surface area (Å²) in [5.41, 5.74) is -4.24. The van der Waals surface area contributed by atoms with E-state index in [1.165, 1.54) is 0 Å². The Morgan fingerprint density at radius 3 is 2.18 bits per heavy atom. The van der Waals surface area contributed by atoms with Gasteiger partial charge in [0, 0.05) is 41.8 Å². The van der Waals surface area contributed by atoms with Gasteiger partial charge in [0.25, 0.3) is 11.8 Å². The van der Waals surface area contributed by atoms with E-state index < -0.39 is 82.2 Å². The van der Waals surface area contributed by atoms with Crippen LogP contribution >= 0.6 is 0 Å². The average Bonchev–Trinajstić information content (AvgIpc) is 2.96. The number of nitro groups is 1. The number of amides is 3. The molecule has 1 unspecified atom stereocenters. The second-order valence-electron chi connectivity index (χ2n) is 9.58. The molecule has 224 valence electrons. The van der Waals surface area contributed by atoms with Gasteiger partial charge in [-0.05, 0) is 37.3 Å². The highest BCUT2D eigenvalue weighted by Crippen LogP contribution is 2.49. The molecule has 1 aliphatic heterocycles. The van der Waals surface area contributed by atoms with Crippen LogP contribution in [0, 0.1) is 32.8 Å². The van der Waals surface area contributed by atoms with E-state index in [0.717, 1.165) is 67.8 Å². The lowest BCUT2D eigenvalue weighted by molar-refractivity contribution is -0.384. The van der Waals surface area contributed by atoms with Crippen molar-refractivity contribution in [2.45, 2.75) is 24.0 Å². The molecule has 4 rings (SSSR count). The highest BCUT2D eigenvalue weighted by Gasteiger charge is 2.59. The highest BCUT2D eigenvalue weighted by atomic mass is 32.2. The lowest BCUT2D eigenvalue weighted by Gasteiger charge is -2.47. The topological polar surface area (TPSA) is 185 Å². The van der Waals surface area contributed by atoms with E-state index in [1.807, 2.05) is 0 Å². The molecule has 1 aliphatic rings. The number of benzene rings is 3. The average molecular weight is 626 g/mol. The van der Waals surface area contributed by atoms with Gasteiger partial charge < -0.3 is 9.90 Å². The van der Waals surface area contributed by atoms with Gasteiger partial charge in [-0.2, -0.15) is 23.7 Å². The number of nitrogens with zero attached hydrogens (tertiary/aromatic N) is 5. The first kappa shape index (κ1) is 31.4. The summed E-state index contributed by atoms with van der Waals surface area (Å²) in [7, 11) is -4.29. The van der Waals surface area contributed by atoms with Crippen molar-refractivity contribution in [3.8, 4) is 12.1 Å². The van der Waals surface area contributed by atoms with E-state index in [1.54, 1.807) is 12.1 Å². The zero-order valence-electron chi connectivity index (χ0n) is 22.6. The maximum Gasteiger partial charge on any atom is 0.440 e. The van der Waals surface area contributed by atoms with E-state index in [9.17, 15) is 56.9 Å². The number of hydrogen-bond acceptors (Lipinski definition) is 9. The zero-order valence-corrected chi connectivity index (χ0v) is 23.4. The van der Waals surface area contributed by atoms with Gasteiger partial charge in [-0.15, -0.1) is 4.48 Å². The number of quaternary nitrogens is 1. The summed E-state index contributed by atoms with van der Waals surface area (Å²) in [4.78, 5) is 38.3. The quantitative estimate of drug-likeness (QED) is 0.220. The number of nitro benzene ring substituents is 1. The van der Waals surface area contributed by atoms with Crippen LogP contribution in [-0.4, -0.2) is 31.7 Å². The normalized spacial score (nSPS) is 18.8. The number of carboxylic acid groups (broad SMARTS) is 1. The molecule has 0 saturated heterocycles. The predicted octanol–water partition coefficient (Wildman–Crippen LogP) is 4.72. The molecule has 0 spiro atoms. The summed E-state index contributed by atoms with van der Waals surface area (Å²) in [6.45, 7) is 1.16. The molecule has 0 N–H and O–H groups in total. The molecule has 1 heterocycles. The molecule has 12 nitrogen and oxygen atoms in total. The smallest absolute Gasteiger partial charge is 0.440 e. The molecule has 3 aromatic carbocycles. The van der Waals surface area contributed by atoms with Crippen molar-refractivity contribution in [3.63, 3.8) is 0 Å². The molecular weight excluding hydrogens is 607 g/mol. The van der Waals surface area contributed by atoms with Crippen LogP contribution in [0.3, 0.4) is 0 Å². The molecule has 3 amide bonds. The zero-order chi connectivity index (χ0) is 32.8. The van der Waals surface area contributed by atoms with E-state index in [4.69, 9.17) is 0 Å². The van der Waals surface area contributed by atoms with Crippen molar-refractivity contribution in [1.82, 2.24) is 4.48 Å². The van der Waals surface area contributed by atoms with Gasteiger partial charge in [0.05, 0.1) is 32.7 Å². The Morgan fingerprint density at radius 1 is 1.05 bits per heavy atom. The van der Waals surface area contributed by atoms with Gasteiger partial charge in [-0.3, -0.25) is 10.1 Å². The Hall–Kier alpha value is -5.58. The number of anilines is 1. The van der Waals surface area contributed by atoms with Gasteiger partial charge in [0.1, 0.15) is 17.3 Å². The number of imide groups is 1. The molecule has 0 bridgehead atoms. The Kier molecular flexibility index (Phi) is 7.78. The standard InChI is InChI=1S/C28H18F3N5O7S/c1-16-23(15-33)25(22-11-6-17(14-32)12-24(22)44(2,42)43)36(27(38)39,21-9-7-19(8-10-21)35(40)41)26(37)34(16)20-5-3-4-18(13-20)28(29,30)31/h3-13,25H,1-2H3/t25-,36?/m1/s1. The minimum absolute atomic E-state index is 0.164. The fourth-order valence-corrected chi connectivity index (χ4v) is 6.01. The number of urea groups is 1. The first-order chi connectivity index (χ1) is 20.5. The maximum atomic E-state index is 14.5. The largest absolute Gasteiger partial charge is 0.497 e. The summed E-state index contributed by atoms with van der Waals surface area (Å²) in [6, 6.07) is 9.80. The van der Waals surface area contributed by atoms with Gasteiger partial charge in [0.15, 0.2) is 15.9 Å². The van der Waals surface area contributed by atoms with Crippen molar-refractivity contribution < 1.29 is 41.2 Å². The summed E-state index contributed by atoms with van der Waals surface area (Å²) in [5.74, 6) is 0. The monoisotopic (exact) mass is 625 g/mol. The minimum Gasteiger partial charge on any atom is -0.497 e. The Labute approximate surface area is 247 Å². The molecule has 0 aromatic heterocycles. The van der Waals surface area contributed by atoms with Gasteiger partial charge in [0.2, 0.25) is 0 Å². The number of allylic oxidation sites excluding steroid dienone is 1. The van der Waals surface area contributed by atoms with Crippen LogP contribution in [0.4, 0.5) is 39.8 Å². The molecule has 0 fully saturated rings. The maximum absolute atomic E-state index is 14.5. The number of rotatable bonds is 5. The summed E-state index contributed by atoms with van der Waals surface area (Å²) in [6.07, 6.45) is -6.37. The van der Waals surface area contributed by atoms with Crippen LogP contribution in [0.25, 0.3) is 0 Å². The van der Waals surface area contributed by atoms with Crippen LogP contribution in [0.15, 0.2) is 82.9 Å². The molecule has 0 aliphatic carbocycles. The SMILES string of the molecule is CC1=C(C#N)[C@@H](c2ccc(C#N)cc2S(C)(=O)=O)[N+](C(=O)[O-])(c2ccc([N+](=O)[O-])cc2)C(=O)N1c1cccc(C(F)(F)F)c1. The van der Waals surface area contributed by atoms with Crippen LogP contribution < -0.4 is 14.5 Å². The Bertz CT molecular complexity index is 1960. The van der Waals surface area contributed by atoms with Crippen molar-refractivity contribution >= 4 is 39.0 Å². The van der Waals surface area contributed by atoms with Crippen LogP contribution in [0.2, 0.25) is 0 Å². The molecular formula is C28H18F3N5O7S. The fraction of sp³-hybridized carbons (Fsp3) is 0.143. The molecule has 2 atom stereocenters. The van der Waals surface area contributed by atoms with Crippen LogP contribution in [0.1, 0.15) is 29.7 Å². The van der Waals surface area contributed by atoms with Crippen LogP contribution in [0.5, 0.6) is 0 Å². The third-order valence-corrected chi connectivity index (χ3v) is 8.18. The number of carbonyl (C=O) groups is 2. The summed E-state index contributed by atoms with van der Waals surface area (Å²) in [5, 5.41) is 44.4. The van der Waals surface area contributed by atoms with Gasteiger partial charge in [-0.25, -0.2) is 18.1 Å². The van der Waals surface area contributed by atoms with Crippen molar-refractivity contribution in [2.75, 3.05) is 11.2 Å². The highest BCUT2D eigenvalue weighted by molar-refractivity contribution is 7.90. The lowest BCUT2D eigenvalue weighted by Crippen LogP contribution is -2.71. The summed E-state index contributed by atoms with van der Waals surface area (Å²) < 4.78 is 64.6. The van der Waals surface area contributed by atoms with Crippen LogP contribution in [-0.2, 0) is 16.0 Å². The molecule has 0 saturated carbocycles. The molecule has 3 aromatic rings. The Balaban J connectivity index is 2.22.